The first-order chi connectivity index (χ1) is 6.63. The molecule has 0 aliphatic rings. The first-order valence-electron chi connectivity index (χ1n) is 4.21. The van der Waals surface area contributed by atoms with Crippen LogP contribution >= 0.6 is 0 Å². The summed E-state index contributed by atoms with van der Waals surface area (Å²) in [6, 6.07) is 5.36. The van der Waals surface area contributed by atoms with Crippen LogP contribution in [0.1, 0.15) is 18.0 Å². The van der Waals surface area contributed by atoms with E-state index < -0.39 is 12.0 Å². The molecule has 0 heterocycles. The number of ether oxygens (including phenoxy) is 1. The molecular formula is C10H12FNO2. The highest BCUT2D eigenvalue weighted by Crippen LogP contribution is 2.15. The molecule has 0 spiro atoms. The fourth-order valence-corrected chi connectivity index (χ4v) is 1.12. The zero-order valence-electron chi connectivity index (χ0n) is 7.87. The van der Waals surface area contributed by atoms with Crippen molar-refractivity contribution >= 4 is 5.97 Å². The lowest BCUT2D eigenvalue weighted by molar-refractivity contribution is -0.141. The average Bonchev–Trinajstić information content (AvgIpc) is 2.17. The Labute approximate surface area is 81.7 Å². The molecule has 14 heavy (non-hydrogen) atoms. The lowest BCUT2D eigenvalue weighted by Gasteiger charge is -2.10. The van der Waals surface area contributed by atoms with Crippen LogP contribution in [0, 0.1) is 5.82 Å². The summed E-state index contributed by atoms with van der Waals surface area (Å²) in [6.07, 6.45) is 0.0555. The molecule has 1 atom stereocenters. The Bertz CT molecular complexity index is 328. The number of esters is 1. The van der Waals surface area contributed by atoms with Crippen molar-refractivity contribution in [1.29, 1.82) is 0 Å². The smallest absolute Gasteiger partial charge is 0.307 e. The summed E-state index contributed by atoms with van der Waals surface area (Å²) in [5, 5.41) is 0. The number of benzene rings is 1. The number of halogens is 1. The standard InChI is InChI=1S/C10H12FNO2/c1-14-10(13)6-9(12)7-3-2-4-8(11)5-7/h2-5,9H,6,12H2,1H3. The molecule has 0 saturated carbocycles. The quantitative estimate of drug-likeness (QED) is 0.745. The normalized spacial score (nSPS) is 12.2. The molecule has 1 aromatic rings. The fraction of sp³-hybridized carbons (Fsp3) is 0.300. The molecule has 1 aromatic carbocycles. The van der Waals surface area contributed by atoms with Crippen molar-refractivity contribution in [3.8, 4) is 0 Å². The molecule has 1 rings (SSSR count). The van der Waals surface area contributed by atoms with Crippen LogP contribution in [0.4, 0.5) is 4.39 Å². The summed E-state index contributed by atoms with van der Waals surface area (Å²) in [5.74, 6) is -0.760. The van der Waals surface area contributed by atoms with E-state index in [1.54, 1.807) is 12.1 Å². The maximum Gasteiger partial charge on any atom is 0.307 e. The largest absolute Gasteiger partial charge is 0.469 e. The second-order valence-corrected chi connectivity index (χ2v) is 2.94. The van der Waals surface area contributed by atoms with Gasteiger partial charge in [-0.25, -0.2) is 4.39 Å². The minimum absolute atomic E-state index is 0.0555. The first kappa shape index (κ1) is 10.7. The highest BCUT2D eigenvalue weighted by molar-refractivity contribution is 5.70. The second-order valence-electron chi connectivity index (χ2n) is 2.94. The molecule has 0 saturated heterocycles. The van der Waals surface area contributed by atoms with E-state index >= 15 is 0 Å². The van der Waals surface area contributed by atoms with Gasteiger partial charge < -0.3 is 10.5 Å². The minimum Gasteiger partial charge on any atom is -0.469 e. The van der Waals surface area contributed by atoms with Crippen molar-refractivity contribution in [2.75, 3.05) is 7.11 Å². The summed E-state index contributed by atoms with van der Waals surface area (Å²) >= 11 is 0. The molecule has 0 aliphatic carbocycles. The topological polar surface area (TPSA) is 52.3 Å². The molecule has 0 fully saturated rings. The van der Waals surface area contributed by atoms with Crippen molar-refractivity contribution in [2.24, 2.45) is 5.73 Å². The fourth-order valence-electron chi connectivity index (χ4n) is 1.12. The zero-order valence-corrected chi connectivity index (χ0v) is 7.87. The van der Waals surface area contributed by atoms with E-state index in [1.165, 1.54) is 19.2 Å². The SMILES string of the molecule is COC(=O)CC(N)c1cccc(F)c1. The van der Waals surface area contributed by atoms with Gasteiger partial charge in [-0.05, 0) is 17.7 Å². The molecule has 1 unspecified atom stereocenters. The van der Waals surface area contributed by atoms with Crippen LogP contribution in [0.15, 0.2) is 24.3 Å². The number of carbonyl (C=O) groups excluding carboxylic acids is 1. The van der Waals surface area contributed by atoms with E-state index in [9.17, 15) is 9.18 Å². The van der Waals surface area contributed by atoms with Gasteiger partial charge in [-0.2, -0.15) is 0 Å². The van der Waals surface area contributed by atoms with Crippen molar-refractivity contribution in [3.63, 3.8) is 0 Å². The van der Waals surface area contributed by atoms with E-state index in [2.05, 4.69) is 4.74 Å². The molecule has 4 heteroatoms. The van der Waals surface area contributed by atoms with Crippen LogP contribution in [0.5, 0.6) is 0 Å². The molecule has 76 valence electrons. The number of hydrogen-bond acceptors (Lipinski definition) is 3. The van der Waals surface area contributed by atoms with Crippen molar-refractivity contribution in [1.82, 2.24) is 0 Å². The van der Waals surface area contributed by atoms with Gasteiger partial charge in [0, 0.05) is 6.04 Å². The van der Waals surface area contributed by atoms with E-state index in [0.717, 1.165) is 0 Å². The van der Waals surface area contributed by atoms with Gasteiger partial charge in [0.05, 0.1) is 13.5 Å². The van der Waals surface area contributed by atoms with Gasteiger partial charge in [0.1, 0.15) is 5.82 Å². The lowest BCUT2D eigenvalue weighted by Crippen LogP contribution is -2.16. The molecule has 3 nitrogen and oxygen atoms in total. The molecule has 0 radical (unpaired) electrons. The van der Waals surface area contributed by atoms with Crippen molar-refractivity contribution in [2.45, 2.75) is 12.5 Å². The van der Waals surface area contributed by atoms with Gasteiger partial charge >= 0.3 is 5.97 Å². The summed E-state index contributed by atoms with van der Waals surface area (Å²) in [4.78, 5) is 10.9. The Kier molecular flexibility index (Phi) is 3.59. The molecular weight excluding hydrogens is 185 g/mol. The van der Waals surface area contributed by atoms with Crippen molar-refractivity contribution in [3.05, 3.63) is 35.6 Å². The highest BCUT2D eigenvalue weighted by atomic mass is 19.1. The van der Waals surface area contributed by atoms with Gasteiger partial charge in [-0.1, -0.05) is 12.1 Å². The third-order valence-electron chi connectivity index (χ3n) is 1.89. The van der Waals surface area contributed by atoms with E-state index in [-0.39, 0.29) is 12.2 Å². The van der Waals surface area contributed by atoms with Crippen LogP contribution in [-0.4, -0.2) is 13.1 Å². The minimum atomic E-state index is -0.516. The predicted octanol–water partition coefficient (Wildman–Crippen LogP) is 1.39. The monoisotopic (exact) mass is 197 g/mol. The average molecular weight is 197 g/mol. The maximum absolute atomic E-state index is 12.8. The Hall–Kier alpha value is -1.42. The van der Waals surface area contributed by atoms with Gasteiger partial charge in [0.2, 0.25) is 0 Å². The van der Waals surface area contributed by atoms with Crippen LogP contribution in [0.3, 0.4) is 0 Å². The summed E-state index contributed by atoms with van der Waals surface area (Å²) in [6.45, 7) is 0. The Morgan fingerprint density at radius 3 is 2.93 bits per heavy atom. The molecule has 0 aliphatic heterocycles. The Morgan fingerprint density at radius 1 is 1.64 bits per heavy atom. The molecule has 2 N–H and O–H groups in total. The summed E-state index contributed by atoms with van der Waals surface area (Å²) in [7, 11) is 1.29. The molecule has 0 amide bonds. The third-order valence-corrected chi connectivity index (χ3v) is 1.89. The Balaban J connectivity index is 2.69. The van der Waals surface area contributed by atoms with E-state index in [1.807, 2.05) is 0 Å². The van der Waals surface area contributed by atoms with Crippen LogP contribution in [0.2, 0.25) is 0 Å². The van der Waals surface area contributed by atoms with Crippen molar-refractivity contribution < 1.29 is 13.9 Å². The first-order valence-corrected chi connectivity index (χ1v) is 4.21. The van der Waals surface area contributed by atoms with Gasteiger partial charge in [0.15, 0.2) is 0 Å². The zero-order chi connectivity index (χ0) is 10.6. The lowest BCUT2D eigenvalue weighted by atomic mass is 10.1. The predicted molar refractivity (Wildman–Crippen MR) is 50.0 cm³/mol. The number of nitrogens with two attached hydrogens (primary N) is 1. The van der Waals surface area contributed by atoms with Gasteiger partial charge in [0.25, 0.3) is 0 Å². The van der Waals surface area contributed by atoms with Crippen LogP contribution in [-0.2, 0) is 9.53 Å². The maximum atomic E-state index is 12.8. The number of methoxy groups -OCH3 is 1. The summed E-state index contributed by atoms with van der Waals surface area (Å²) in [5.41, 5.74) is 6.27. The third kappa shape index (κ3) is 2.81. The van der Waals surface area contributed by atoms with Crippen LogP contribution in [0.25, 0.3) is 0 Å². The number of rotatable bonds is 3. The Morgan fingerprint density at radius 2 is 2.36 bits per heavy atom. The number of hydrogen-bond donors (Lipinski definition) is 1. The van der Waals surface area contributed by atoms with Crippen LogP contribution < -0.4 is 5.73 Å². The highest BCUT2D eigenvalue weighted by Gasteiger charge is 2.11. The molecule has 0 aromatic heterocycles. The van der Waals surface area contributed by atoms with Gasteiger partial charge in [-0.3, -0.25) is 4.79 Å². The number of carbonyl (C=O) groups is 1. The second kappa shape index (κ2) is 4.72. The van der Waals surface area contributed by atoms with Gasteiger partial charge in [-0.15, -0.1) is 0 Å². The van der Waals surface area contributed by atoms with E-state index in [0.29, 0.717) is 5.56 Å². The summed E-state index contributed by atoms with van der Waals surface area (Å²) < 4.78 is 17.2. The van der Waals surface area contributed by atoms with E-state index in [4.69, 9.17) is 5.73 Å². The molecule has 0 bridgehead atoms.